The molecule has 1 aromatic carbocycles. The van der Waals surface area contributed by atoms with Crippen molar-refractivity contribution in [3.8, 4) is 0 Å². The van der Waals surface area contributed by atoms with Crippen LogP contribution in [0.15, 0.2) is 36.5 Å². The van der Waals surface area contributed by atoms with Gasteiger partial charge in [0.1, 0.15) is 12.2 Å². The van der Waals surface area contributed by atoms with E-state index in [0.717, 1.165) is 5.56 Å². The van der Waals surface area contributed by atoms with Crippen LogP contribution in [0.5, 0.6) is 0 Å². The third kappa shape index (κ3) is 3.62. The van der Waals surface area contributed by atoms with E-state index in [2.05, 4.69) is 10.1 Å². The monoisotopic (exact) mass is 287 g/mol. The number of aryl methyl sites for hydroxylation is 1. The molecule has 0 aliphatic heterocycles. The topological polar surface area (TPSA) is 86.3 Å². The standard InChI is InChI=1S/C15H17N3O3/c1-10-3-5-12(6-4-10)17-14(19)9-18-8-11(16)7-13(18)15(20)21-2/h3-8H,9,16H2,1-2H3,(H,17,19). The van der Waals surface area contributed by atoms with Gasteiger partial charge in [-0.1, -0.05) is 17.7 Å². The number of nitrogens with two attached hydrogens (primary N) is 1. The first-order valence-corrected chi connectivity index (χ1v) is 6.40. The maximum absolute atomic E-state index is 12.0. The van der Waals surface area contributed by atoms with Gasteiger partial charge in [0.2, 0.25) is 5.91 Å². The Morgan fingerprint density at radius 3 is 2.57 bits per heavy atom. The summed E-state index contributed by atoms with van der Waals surface area (Å²) in [6, 6.07) is 8.92. The average molecular weight is 287 g/mol. The number of esters is 1. The lowest BCUT2D eigenvalue weighted by atomic mass is 10.2. The van der Waals surface area contributed by atoms with Crippen LogP contribution in [0.25, 0.3) is 0 Å². The molecule has 1 amide bonds. The Morgan fingerprint density at radius 1 is 1.29 bits per heavy atom. The number of rotatable bonds is 4. The summed E-state index contributed by atoms with van der Waals surface area (Å²) in [6.45, 7) is 1.95. The van der Waals surface area contributed by atoms with E-state index in [1.807, 2.05) is 31.2 Å². The summed E-state index contributed by atoms with van der Waals surface area (Å²) in [6.07, 6.45) is 1.53. The molecular formula is C15H17N3O3. The zero-order chi connectivity index (χ0) is 15.4. The van der Waals surface area contributed by atoms with Crippen molar-refractivity contribution in [2.75, 3.05) is 18.2 Å². The fraction of sp³-hybridized carbons (Fsp3) is 0.200. The summed E-state index contributed by atoms with van der Waals surface area (Å²) in [4.78, 5) is 23.6. The fourth-order valence-electron chi connectivity index (χ4n) is 1.93. The summed E-state index contributed by atoms with van der Waals surface area (Å²) < 4.78 is 6.12. The normalized spacial score (nSPS) is 10.2. The lowest BCUT2D eigenvalue weighted by Crippen LogP contribution is -2.21. The molecule has 0 aliphatic carbocycles. The minimum atomic E-state index is -0.533. The second kappa shape index (κ2) is 6.13. The Balaban J connectivity index is 2.09. The number of ether oxygens (including phenoxy) is 1. The number of hydrogen-bond donors (Lipinski definition) is 2. The molecule has 110 valence electrons. The number of hydrogen-bond acceptors (Lipinski definition) is 4. The number of nitrogen functional groups attached to an aromatic ring is 1. The van der Waals surface area contributed by atoms with Crippen molar-refractivity contribution >= 4 is 23.3 Å². The minimum absolute atomic E-state index is 0.0183. The summed E-state index contributed by atoms with van der Waals surface area (Å²) in [5.74, 6) is -0.783. The number of benzene rings is 1. The molecule has 3 N–H and O–H groups in total. The van der Waals surface area contributed by atoms with Gasteiger partial charge >= 0.3 is 5.97 Å². The van der Waals surface area contributed by atoms with Crippen LogP contribution in [0.3, 0.4) is 0 Å². The van der Waals surface area contributed by atoms with Crippen LogP contribution in [-0.2, 0) is 16.1 Å². The summed E-state index contributed by atoms with van der Waals surface area (Å²) >= 11 is 0. The Labute approximate surface area is 122 Å². The van der Waals surface area contributed by atoms with Gasteiger partial charge in [-0.05, 0) is 25.1 Å². The average Bonchev–Trinajstić information content (AvgIpc) is 2.81. The van der Waals surface area contributed by atoms with Gasteiger partial charge in [0, 0.05) is 11.9 Å². The highest BCUT2D eigenvalue weighted by Gasteiger charge is 2.15. The van der Waals surface area contributed by atoms with Gasteiger partial charge in [-0.3, -0.25) is 4.79 Å². The van der Waals surface area contributed by atoms with Crippen molar-refractivity contribution < 1.29 is 14.3 Å². The molecular weight excluding hydrogens is 270 g/mol. The number of methoxy groups -OCH3 is 1. The number of carbonyl (C=O) groups excluding carboxylic acids is 2. The Kier molecular flexibility index (Phi) is 4.27. The molecule has 0 spiro atoms. The molecule has 0 saturated heterocycles. The first-order chi connectivity index (χ1) is 9.99. The zero-order valence-corrected chi connectivity index (χ0v) is 11.9. The van der Waals surface area contributed by atoms with E-state index in [-0.39, 0.29) is 18.1 Å². The van der Waals surface area contributed by atoms with E-state index < -0.39 is 5.97 Å². The molecule has 1 aromatic heterocycles. The van der Waals surface area contributed by atoms with Crippen LogP contribution >= 0.6 is 0 Å². The van der Waals surface area contributed by atoms with Gasteiger partial charge in [0.25, 0.3) is 0 Å². The first kappa shape index (κ1) is 14.6. The lowest BCUT2D eigenvalue weighted by Gasteiger charge is -2.09. The quantitative estimate of drug-likeness (QED) is 0.840. The Morgan fingerprint density at radius 2 is 1.95 bits per heavy atom. The van der Waals surface area contributed by atoms with Crippen molar-refractivity contribution in [2.45, 2.75) is 13.5 Å². The molecule has 0 saturated carbocycles. The van der Waals surface area contributed by atoms with Gasteiger partial charge in [0.15, 0.2) is 0 Å². The number of carbonyl (C=O) groups is 2. The number of amides is 1. The summed E-state index contributed by atoms with van der Waals surface area (Å²) in [5, 5.41) is 2.76. The third-order valence-electron chi connectivity index (χ3n) is 2.96. The third-order valence-corrected chi connectivity index (χ3v) is 2.96. The van der Waals surface area contributed by atoms with Crippen LogP contribution in [0.2, 0.25) is 0 Å². The number of nitrogens with one attached hydrogen (secondary N) is 1. The molecule has 6 nitrogen and oxygen atoms in total. The predicted molar refractivity (Wildman–Crippen MR) is 80.0 cm³/mol. The molecule has 2 aromatic rings. The molecule has 1 heterocycles. The van der Waals surface area contributed by atoms with E-state index in [0.29, 0.717) is 11.4 Å². The maximum Gasteiger partial charge on any atom is 0.354 e. The highest BCUT2D eigenvalue weighted by atomic mass is 16.5. The van der Waals surface area contributed by atoms with Crippen molar-refractivity contribution in [3.63, 3.8) is 0 Å². The molecule has 6 heteroatoms. The molecule has 0 radical (unpaired) electrons. The van der Waals surface area contributed by atoms with Gasteiger partial charge in [0.05, 0.1) is 12.8 Å². The van der Waals surface area contributed by atoms with Crippen LogP contribution in [0, 0.1) is 6.92 Å². The van der Waals surface area contributed by atoms with Crippen LogP contribution in [0.1, 0.15) is 16.1 Å². The molecule has 0 atom stereocenters. The van der Waals surface area contributed by atoms with Crippen molar-refractivity contribution in [3.05, 3.63) is 47.8 Å². The smallest absolute Gasteiger partial charge is 0.354 e. The van der Waals surface area contributed by atoms with E-state index in [1.165, 1.54) is 23.9 Å². The molecule has 0 unspecified atom stereocenters. The highest BCUT2D eigenvalue weighted by Crippen LogP contribution is 2.13. The molecule has 21 heavy (non-hydrogen) atoms. The molecule has 0 aliphatic rings. The molecule has 2 rings (SSSR count). The first-order valence-electron chi connectivity index (χ1n) is 6.40. The van der Waals surface area contributed by atoms with Crippen molar-refractivity contribution in [1.82, 2.24) is 4.57 Å². The van der Waals surface area contributed by atoms with Gasteiger partial charge in [-0.15, -0.1) is 0 Å². The molecule has 0 fully saturated rings. The second-order valence-corrected chi connectivity index (χ2v) is 4.69. The highest BCUT2D eigenvalue weighted by molar-refractivity contribution is 5.93. The number of aromatic nitrogens is 1. The van der Waals surface area contributed by atoms with Crippen LogP contribution in [-0.4, -0.2) is 23.6 Å². The van der Waals surface area contributed by atoms with Crippen molar-refractivity contribution in [1.29, 1.82) is 0 Å². The fourth-order valence-corrected chi connectivity index (χ4v) is 1.93. The predicted octanol–water partition coefficient (Wildman–Crippen LogP) is 1.80. The minimum Gasteiger partial charge on any atom is -0.464 e. The van der Waals surface area contributed by atoms with Crippen LogP contribution in [0.4, 0.5) is 11.4 Å². The van der Waals surface area contributed by atoms with Gasteiger partial charge < -0.3 is 20.4 Å². The maximum atomic E-state index is 12.0. The van der Waals surface area contributed by atoms with E-state index in [4.69, 9.17) is 5.73 Å². The summed E-state index contributed by atoms with van der Waals surface area (Å²) in [5.41, 5.74) is 8.11. The summed E-state index contributed by atoms with van der Waals surface area (Å²) in [7, 11) is 1.28. The van der Waals surface area contributed by atoms with Gasteiger partial charge in [-0.25, -0.2) is 4.79 Å². The zero-order valence-electron chi connectivity index (χ0n) is 11.9. The number of anilines is 2. The van der Waals surface area contributed by atoms with Gasteiger partial charge in [-0.2, -0.15) is 0 Å². The van der Waals surface area contributed by atoms with Crippen LogP contribution < -0.4 is 11.1 Å². The SMILES string of the molecule is COC(=O)c1cc(N)cn1CC(=O)Nc1ccc(C)cc1. The largest absolute Gasteiger partial charge is 0.464 e. The molecule has 0 bridgehead atoms. The Hall–Kier alpha value is -2.76. The van der Waals surface area contributed by atoms with E-state index in [1.54, 1.807) is 0 Å². The second-order valence-electron chi connectivity index (χ2n) is 4.69. The van der Waals surface area contributed by atoms with E-state index in [9.17, 15) is 9.59 Å². The van der Waals surface area contributed by atoms with E-state index >= 15 is 0 Å². The van der Waals surface area contributed by atoms with Crippen molar-refractivity contribution in [2.24, 2.45) is 0 Å². The number of nitrogens with zero attached hydrogens (tertiary/aromatic N) is 1. The Bertz CT molecular complexity index is 659. The lowest BCUT2D eigenvalue weighted by molar-refractivity contribution is -0.116.